The van der Waals surface area contributed by atoms with Crippen LogP contribution in [0.4, 0.5) is 0 Å². The molecule has 0 aliphatic rings. The molecule has 21 heavy (non-hydrogen) atoms. The number of benzene rings is 1. The van der Waals surface area contributed by atoms with Crippen LogP contribution in [0.2, 0.25) is 5.02 Å². The van der Waals surface area contributed by atoms with Gasteiger partial charge in [0.15, 0.2) is 10.8 Å². The molecule has 3 aromatic rings. The Balaban J connectivity index is 2.19. The average molecular weight is 384 g/mol. The van der Waals surface area contributed by atoms with E-state index < -0.39 is 0 Å². The first kappa shape index (κ1) is 14.7. The number of halogens is 2. The van der Waals surface area contributed by atoms with E-state index in [-0.39, 0.29) is 0 Å². The number of rotatable bonds is 3. The van der Waals surface area contributed by atoms with Gasteiger partial charge < -0.3 is 0 Å². The fourth-order valence-electron chi connectivity index (χ4n) is 2.06. The Bertz CT molecular complexity index is 783. The first-order valence-electron chi connectivity index (χ1n) is 6.41. The highest BCUT2D eigenvalue weighted by Gasteiger charge is 2.17. The molecule has 1 aromatic carbocycles. The quantitative estimate of drug-likeness (QED) is 0.651. The Morgan fingerprint density at radius 1 is 1.38 bits per heavy atom. The van der Waals surface area contributed by atoms with E-state index >= 15 is 0 Å². The summed E-state index contributed by atoms with van der Waals surface area (Å²) in [6.45, 7) is 4.76. The molecular formula is C14H12BrClN4S. The molecule has 0 saturated heterocycles. The lowest BCUT2D eigenvalue weighted by Crippen LogP contribution is -2.01. The van der Waals surface area contributed by atoms with Gasteiger partial charge in [0.05, 0.1) is 0 Å². The lowest BCUT2D eigenvalue weighted by Gasteiger charge is -2.08. The molecule has 0 aliphatic carbocycles. The molecule has 2 heterocycles. The summed E-state index contributed by atoms with van der Waals surface area (Å²) in [7, 11) is 0. The van der Waals surface area contributed by atoms with Gasteiger partial charge in [-0.3, -0.25) is 0 Å². The van der Waals surface area contributed by atoms with Gasteiger partial charge in [-0.05, 0) is 31.5 Å². The zero-order valence-corrected chi connectivity index (χ0v) is 14.6. The number of aromatic nitrogens is 4. The van der Waals surface area contributed by atoms with E-state index in [1.807, 2.05) is 36.0 Å². The van der Waals surface area contributed by atoms with Crippen molar-refractivity contribution in [1.29, 1.82) is 0 Å². The topological polar surface area (TPSA) is 43.6 Å². The number of aryl methyl sites for hydroxylation is 1. The molecule has 0 atom stereocenters. The molecule has 0 amide bonds. The Hall–Kier alpha value is -1.24. The molecule has 4 nitrogen and oxygen atoms in total. The second-order valence-electron chi connectivity index (χ2n) is 4.47. The summed E-state index contributed by atoms with van der Waals surface area (Å²) in [5.74, 6) is 1.46. The second kappa shape index (κ2) is 5.87. The van der Waals surface area contributed by atoms with E-state index in [4.69, 9.17) is 11.6 Å². The molecule has 0 N–H and O–H groups in total. The fourth-order valence-corrected chi connectivity index (χ4v) is 3.44. The van der Waals surface area contributed by atoms with Crippen LogP contribution in [0.5, 0.6) is 0 Å². The lowest BCUT2D eigenvalue weighted by atomic mass is 10.1. The normalized spacial score (nSPS) is 11.0. The van der Waals surface area contributed by atoms with Crippen molar-refractivity contribution in [2.24, 2.45) is 0 Å². The van der Waals surface area contributed by atoms with Crippen LogP contribution in [-0.2, 0) is 6.54 Å². The molecule has 108 valence electrons. The summed E-state index contributed by atoms with van der Waals surface area (Å²) in [6, 6.07) is 3.90. The van der Waals surface area contributed by atoms with Crippen molar-refractivity contribution in [2.45, 2.75) is 20.4 Å². The van der Waals surface area contributed by atoms with Crippen molar-refractivity contribution in [3.8, 4) is 22.2 Å². The third-order valence-electron chi connectivity index (χ3n) is 3.14. The maximum absolute atomic E-state index is 6.27. The standard InChI is InChI=1S/C14H12BrClN4S/c1-3-20-13(10-6-9(15)7-11(16)8(10)2)18-12(19-20)14-17-4-5-21-14/h4-7H,3H2,1-2H3. The molecule has 0 radical (unpaired) electrons. The summed E-state index contributed by atoms with van der Waals surface area (Å²) < 4.78 is 2.80. The SMILES string of the molecule is CCn1nc(-c2nccs2)nc1-c1cc(Br)cc(Cl)c1C. The van der Waals surface area contributed by atoms with Crippen LogP contribution < -0.4 is 0 Å². The van der Waals surface area contributed by atoms with Gasteiger partial charge in [-0.2, -0.15) is 0 Å². The van der Waals surface area contributed by atoms with E-state index in [2.05, 4.69) is 31.0 Å². The molecular weight excluding hydrogens is 372 g/mol. The monoisotopic (exact) mass is 382 g/mol. The predicted octanol–water partition coefficient (Wildman–Crippen LogP) is 4.81. The molecule has 0 unspecified atom stereocenters. The smallest absolute Gasteiger partial charge is 0.210 e. The van der Waals surface area contributed by atoms with Gasteiger partial charge >= 0.3 is 0 Å². The summed E-state index contributed by atoms with van der Waals surface area (Å²) in [5.41, 5.74) is 1.97. The minimum Gasteiger partial charge on any atom is -0.245 e. The minimum atomic E-state index is 0.650. The molecule has 0 aliphatic heterocycles. The summed E-state index contributed by atoms with van der Waals surface area (Å²) in [6.07, 6.45) is 1.76. The van der Waals surface area contributed by atoms with Crippen LogP contribution in [0.15, 0.2) is 28.2 Å². The molecule has 0 saturated carbocycles. The van der Waals surface area contributed by atoms with Crippen molar-refractivity contribution in [2.75, 3.05) is 0 Å². The molecule has 0 bridgehead atoms. The Labute approximate surface area is 139 Å². The van der Waals surface area contributed by atoms with E-state index in [9.17, 15) is 0 Å². The van der Waals surface area contributed by atoms with Crippen LogP contribution in [0.25, 0.3) is 22.2 Å². The van der Waals surface area contributed by atoms with Crippen LogP contribution in [0.1, 0.15) is 12.5 Å². The zero-order chi connectivity index (χ0) is 15.0. The third kappa shape index (κ3) is 2.75. The first-order valence-corrected chi connectivity index (χ1v) is 8.46. The summed E-state index contributed by atoms with van der Waals surface area (Å²) in [4.78, 5) is 8.93. The van der Waals surface area contributed by atoms with Gasteiger partial charge in [-0.25, -0.2) is 14.6 Å². The van der Waals surface area contributed by atoms with Crippen molar-refractivity contribution in [3.05, 3.63) is 38.8 Å². The van der Waals surface area contributed by atoms with Crippen molar-refractivity contribution >= 4 is 38.9 Å². The molecule has 3 rings (SSSR count). The number of nitrogens with zero attached hydrogens (tertiary/aromatic N) is 4. The van der Waals surface area contributed by atoms with Gasteiger partial charge in [0.2, 0.25) is 5.82 Å². The number of thiazole rings is 1. The Morgan fingerprint density at radius 3 is 2.86 bits per heavy atom. The highest BCUT2D eigenvalue weighted by Crippen LogP contribution is 2.32. The van der Waals surface area contributed by atoms with Crippen molar-refractivity contribution in [1.82, 2.24) is 19.7 Å². The maximum Gasteiger partial charge on any atom is 0.210 e. The van der Waals surface area contributed by atoms with Crippen LogP contribution in [0.3, 0.4) is 0 Å². The van der Waals surface area contributed by atoms with E-state index in [0.717, 1.165) is 33.0 Å². The van der Waals surface area contributed by atoms with Crippen LogP contribution >= 0.6 is 38.9 Å². The van der Waals surface area contributed by atoms with Gasteiger partial charge in [-0.15, -0.1) is 16.4 Å². The minimum absolute atomic E-state index is 0.650. The average Bonchev–Trinajstić information content (AvgIpc) is 3.10. The molecule has 7 heteroatoms. The Kier molecular flexibility index (Phi) is 4.10. The molecule has 0 fully saturated rings. The van der Waals surface area contributed by atoms with E-state index in [1.165, 1.54) is 11.3 Å². The van der Waals surface area contributed by atoms with E-state index in [1.54, 1.807) is 6.20 Å². The summed E-state index contributed by atoms with van der Waals surface area (Å²) >= 11 is 11.3. The molecule has 2 aromatic heterocycles. The van der Waals surface area contributed by atoms with Gasteiger partial charge in [-0.1, -0.05) is 27.5 Å². The van der Waals surface area contributed by atoms with Crippen LogP contribution in [0, 0.1) is 6.92 Å². The highest BCUT2D eigenvalue weighted by atomic mass is 79.9. The number of hydrogen-bond acceptors (Lipinski definition) is 4. The predicted molar refractivity (Wildman–Crippen MR) is 89.7 cm³/mol. The van der Waals surface area contributed by atoms with Crippen molar-refractivity contribution < 1.29 is 0 Å². The fraction of sp³-hybridized carbons (Fsp3) is 0.214. The Morgan fingerprint density at radius 2 is 2.19 bits per heavy atom. The first-order chi connectivity index (χ1) is 10.1. The van der Waals surface area contributed by atoms with Gasteiger partial charge in [0, 0.05) is 33.2 Å². The van der Waals surface area contributed by atoms with Gasteiger partial charge in [0.25, 0.3) is 0 Å². The largest absolute Gasteiger partial charge is 0.245 e. The second-order valence-corrected chi connectivity index (χ2v) is 6.69. The van der Waals surface area contributed by atoms with Gasteiger partial charge in [0.1, 0.15) is 0 Å². The third-order valence-corrected chi connectivity index (χ3v) is 4.76. The molecule has 0 spiro atoms. The van der Waals surface area contributed by atoms with Crippen LogP contribution in [-0.4, -0.2) is 19.7 Å². The summed E-state index contributed by atoms with van der Waals surface area (Å²) in [5, 5.41) is 7.99. The lowest BCUT2D eigenvalue weighted by molar-refractivity contribution is 0.667. The zero-order valence-electron chi connectivity index (χ0n) is 11.5. The van der Waals surface area contributed by atoms with E-state index in [0.29, 0.717) is 10.8 Å². The highest BCUT2D eigenvalue weighted by molar-refractivity contribution is 9.10. The maximum atomic E-state index is 6.27. The van der Waals surface area contributed by atoms with Crippen molar-refractivity contribution in [3.63, 3.8) is 0 Å². The number of hydrogen-bond donors (Lipinski definition) is 0.